The minimum atomic E-state index is -3.69. The van der Waals surface area contributed by atoms with Gasteiger partial charge in [-0.2, -0.15) is 0 Å². The first-order valence-electron chi connectivity index (χ1n) is 13.0. The van der Waals surface area contributed by atoms with Gasteiger partial charge in [0.1, 0.15) is 0 Å². The quantitative estimate of drug-likeness (QED) is 0.345. The number of nitrogens with one attached hydrogen (secondary N) is 1. The predicted molar refractivity (Wildman–Crippen MR) is 147 cm³/mol. The summed E-state index contributed by atoms with van der Waals surface area (Å²) in [7, 11) is -3.69. The monoisotopic (exact) mass is 664 g/mol. The molecule has 2 saturated heterocycles. The zero-order chi connectivity index (χ0) is 27.8. The third-order valence-electron chi connectivity index (χ3n) is 7.16. The number of hydrogen-bond acceptors (Lipinski definition) is 6. The Morgan fingerprint density at radius 1 is 1.23 bits per heavy atom. The van der Waals surface area contributed by atoms with Crippen molar-refractivity contribution in [3.8, 4) is 0 Å². The van der Waals surface area contributed by atoms with Gasteiger partial charge in [0.25, 0.3) is 0 Å². The van der Waals surface area contributed by atoms with E-state index >= 15 is 0 Å². The topological polar surface area (TPSA) is 96.2 Å². The van der Waals surface area contributed by atoms with Gasteiger partial charge >= 0.3 is 242 Å². The standard InChI is InChI=1S/C28H35IN5O4S/c1-21(38-27(2,3)4)33-16-12-28(20-33)11-5-15-34(28)39(36,37)24-8-7-23(29-13-10-24)18-31-26(35)22-6-9-25-30-14-17-32(25)19-22/h6-10,13-14,17,19H,1,5,11-12,15-16,18,20H2,2-4H3,(H,31,35)/q-1. The number of allylic oxidation sites excluding steroid dienone is 3. The Hall–Kier alpha value is -2.64. The number of hydrogen-bond donors (Lipinski definition) is 1. The van der Waals surface area contributed by atoms with Crippen molar-refractivity contribution in [1.82, 2.24) is 23.9 Å². The van der Waals surface area contributed by atoms with Gasteiger partial charge in [0.2, 0.25) is 0 Å². The van der Waals surface area contributed by atoms with E-state index in [0.29, 0.717) is 36.0 Å². The normalized spacial score (nSPS) is 22.4. The molecular weight excluding hydrogens is 629 g/mol. The first-order valence-corrected chi connectivity index (χ1v) is 16.8. The van der Waals surface area contributed by atoms with Gasteiger partial charge < -0.3 is 0 Å². The minimum absolute atomic E-state index is 0.178. The summed E-state index contributed by atoms with van der Waals surface area (Å²) >= 11 is -0.561. The molecule has 3 aliphatic rings. The van der Waals surface area contributed by atoms with E-state index in [2.05, 4.69) is 21.8 Å². The Bertz CT molecular complexity index is 1490. The molecule has 0 saturated carbocycles. The molecule has 1 unspecified atom stereocenters. The maximum absolute atomic E-state index is 13.9. The number of imidazole rings is 1. The Morgan fingerprint density at radius 2 is 2.05 bits per heavy atom. The number of carbonyl (C=O) groups is 1. The summed E-state index contributed by atoms with van der Waals surface area (Å²) in [4.78, 5) is 19.3. The van der Waals surface area contributed by atoms with E-state index in [1.54, 1.807) is 51.6 Å². The molecule has 0 radical (unpaired) electrons. The van der Waals surface area contributed by atoms with Crippen LogP contribution in [0.3, 0.4) is 0 Å². The summed E-state index contributed by atoms with van der Waals surface area (Å²) in [6, 6.07) is 3.55. The van der Waals surface area contributed by atoms with Gasteiger partial charge in [0.05, 0.1) is 0 Å². The average molecular weight is 665 g/mol. The van der Waals surface area contributed by atoms with Crippen molar-refractivity contribution in [1.29, 1.82) is 0 Å². The zero-order valence-corrected chi connectivity index (χ0v) is 25.5. The van der Waals surface area contributed by atoms with Crippen LogP contribution < -0.4 is 26.5 Å². The summed E-state index contributed by atoms with van der Waals surface area (Å²) in [5.74, 6) is 0.420. The third-order valence-corrected chi connectivity index (χ3v) is 11.4. The number of nitrogens with zero attached hydrogens (tertiary/aromatic N) is 4. The van der Waals surface area contributed by atoms with Gasteiger partial charge in [-0.1, -0.05) is 0 Å². The molecule has 1 amide bonds. The Kier molecular flexibility index (Phi) is 7.68. The molecule has 39 heavy (non-hydrogen) atoms. The summed E-state index contributed by atoms with van der Waals surface area (Å²) in [6.45, 7) is 12.3. The molecule has 2 aromatic heterocycles. The molecule has 3 aliphatic heterocycles. The fraction of sp³-hybridized carbons (Fsp3) is 0.429. The summed E-state index contributed by atoms with van der Waals surface area (Å²) in [5.41, 5.74) is 0.518. The van der Waals surface area contributed by atoms with E-state index in [1.807, 2.05) is 30.9 Å². The molecule has 9 nitrogen and oxygen atoms in total. The van der Waals surface area contributed by atoms with Crippen molar-refractivity contribution in [2.75, 3.05) is 26.2 Å². The molecule has 2 aromatic rings. The molecule has 5 rings (SSSR count). The van der Waals surface area contributed by atoms with Crippen LogP contribution in [0, 0.1) is 0 Å². The van der Waals surface area contributed by atoms with Crippen LogP contribution in [-0.2, 0) is 14.8 Å². The zero-order valence-electron chi connectivity index (χ0n) is 22.6. The number of likely N-dealkylation sites (tertiary alicyclic amines) is 1. The van der Waals surface area contributed by atoms with Gasteiger partial charge in [-0.05, 0) is 0 Å². The molecule has 11 heteroatoms. The van der Waals surface area contributed by atoms with Crippen molar-refractivity contribution < 1.29 is 39.2 Å². The SMILES string of the molecule is C=C(OC(C)(C)C)N1CCC2(CCCN2S(=O)(=O)C2=CC=C(CNC(=O)c3ccc4nccn4c3)[I-]C=C2)C1. The molecule has 0 bridgehead atoms. The second kappa shape index (κ2) is 10.7. The van der Waals surface area contributed by atoms with Crippen LogP contribution in [0.25, 0.3) is 5.65 Å². The number of carbonyl (C=O) groups excluding carboxylic acids is 1. The van der Waals surface area contributed by atoms with Gasteiger partial charge in [-0.25, -0.2) is 0 Å². The number of sulfonamides is 1. The first kappa shape index (κ1) is 27.9. The van der Waals surface area contributed by atoms with Crippen LogP contribution in [0.2, 0.25) is 0 Å². The van der Waals surface area contributed by atoms with Gasteiger partial charge in [-0.3, -0.25) is 0 Å². The van der Waals surface area contributed by atoms with E-state index in [-0.39, 0.29) is 11.5 Å². The molecule has 1 spiro atoms. The third kappa shape index (κ3) is 5.94. The van der Waals surface area contributed by atoms with Crippen molar-refractivity contribution in [3.05, 3.63) is 79.5 Å². The van der Waals surface area contributed by atoms with E-state index < -0.39 is 36.8 Å². The predicted octanol–water partition coefficient (Wildman–Crippen LogP) is 0.605. The van der Waals surface area contributed by atoms with E-state index in [9.17, 15) is 13.2 Å². The molecule has 5 heterocycles. The van der Waals surface area contributed by atoms with Gasteiger partial charge in [0, 0.05) is 0 Å². The van der Waals surface area contributed by atoms with Crippen molar-refractivity contribution in [2.45, 2.75) is 51.2 Å². The summed E-state index contributed by atoms with van der Waals surface area (Å²) in [5, 5.41) is 2.97. The van der Waals surface area contributed by atoms with Crippen molar-refractivity contribution >= 4 is 21.6 Å². The number of halogens is 1. The number of aromatic nitrogens is 2. The average Bonchev–Trinajstić information content (AvgIpc) is 3.58. The summed E-state index contributed by atoms with van der Waals surface area (Å²) in [6.07, 6.45) is 12.9. The number of ether oxygens (including phenoxy) is 1. The van der Waals surface area contributed by atoms with Crippen LogP contribution in [0.1, 0.15) is 50.4 Å². The maximum atomic E-state index is 13.9. The van der Waals surface area contributed by atoms with Crippen LogP contribution in [0.4, 0.5) is 0 Å². The van der Waals surface area contributed by atoms with Crippen LogP contribution in [-0.4, -0.2) is 70.2 Å². The molecule has 2 fully saturated rings. The van der Waals surface area contributed by atoms with Gasteiger partial charge in [-0.15, -0.1) is 0 Å². The van der Waals surface area contributed by atoms with Crippen LogP contribution in [0.5, 0.6) is 0 Å². The molecule has 0 aliphatic carbocycles. The molecule has 1 atom stereocenters. The number of amides is 1. The van der Waals surface area contributed by atoms with Crippen LogP contribution in [0.15, 0.2) is 74.0 Å². The van der Waals surface area contributed by atoms with Crippen LogP contribution >= 0.6 is 0 Å². The van der Waals surface area contributed by atoms with E-state index in [1.165, 1.54) is 0 Å². The number of fused-ring (bicyclic) bond motifs is 1. The number of rotatable bonds is 7. The molecular formula is C28H35IN5O4S-. The molecule has 1 N–H and O–H groups in total. The Balaban J connectivity index is 1.26. The second-order valence-electron chi connectivity index (χ2n) is 11.1. The Morgan fingerprint density at radius 3 is 2.85 bits per heavy atom. The van der Waals surface area contributed by atoms with Crippen molar-refractivity contribution in [2.24, 2.45) is 0 Å². The van der Waals surface area contributed by atoms with Crippen molar-refractivity contribution in [3.63, 3.8) is 0 Å². The summed E-state index contributed by atoms with van der Waals surface area (Å²) < 4.78 is 40.3. The van der Waals surface area contributed by atoms with Gasteiger partial charge in [0.15, 0.2) is 0 Å². The van der Waals surface area contributed by atoms with E-state index in [4.69, 9.17) is 4.74 Å². The first-order chi connectivity index (χ1) is 18.5. The second-order valence-corrected chi connectivity index (χ2v) is 15.7. The fourth-order valence-corrected chi connectivity index (χ4v) is 9.27. The van der Waals surface area contributed by atoms with E-state index in [0.717, 1.165) is 35.0 Å². The number of pyridine rings is 1. The molecule has 0 aromatic carbocycles. The molecule has 210 valence electrons. The fourth-order valence-electron chi connectivity index (χ4n) is 5.34. The Labute approximate surface area is 240 Å².